The van der Waals surface area contributed by atoms with Crippen LogP contribution in [0, 0.1) is 12.7 Å². The summed E-state index contributed by atoms with van der Waals surface area (Å²) in [7, 11) is 0. The monoisotopic (exact) mass is 448 g/mol. The number of likely N-dealkylation sites (tertiary alicyclic amines) is 1. The molecule has 0 saturated carbocycles. The van der Waals surface area contributed by atoms with Crippen LogP contribution < -0.4 is 0 Å². The van der Waals surface area contributed by atoms with Gasteiger partial charge in [-0.05, 0) is 38.0 Å². The Bertz CT molecular complexity index is 1250. The molecule has 0 radical (unpaired) electrons. The zero-order valence-corrected chi connectivity index (χ0v) is 18.3. The summed E-state index contributed by atoms with van der Waals surface area (Å²) in [6.45, 7) is 2.45. The molecule has 0 unspecified atom stereocenters. The van der Waals surface area contributed by atoms with Crippen LogP contribution in [-0.4, -0.2) is 38.6 Å². The third-order valence-electron chi connectivity index (χ3n) is 5.59. The van der Waals surface area contributed by atoms with Gasteiger partial charge in [0.25, 0.3) is 5.91 Å². The molecule has 3 heterocycles. The maximum Gasteiger partial charge on any atom is 0.274 e. The molecular weight excluding hydrogens is 427 g/mol. The van der Waals surface area contributed by atoms with E-state index in [1.54, 1.807) is 18.2 Å². The van der Waals surface area contributed by atoms with Crippen molar-refractivity contribution in [2.75, 3.05) is 6.54 Å². The number of thiazole rings is 1. The van der Waals surface area contributed by atoms with Gasteiger partial charge in [-0.15, -0.1) is 21.5 Å². The predicted molar refractivity (Wildman–Crippen MR) is 120 cm³/mol. The summed E-state index contributed by atoms with van der Waals surface area (Å²) in [5.74, 6) is 0.422. The fourth-order valence-corrected chi connectivity index (χ4v) is 5.02. The highest BCUT2D eigenvalue weighted by Crippen LogP contribution is 2.34. The molecular formula is C24H21FN4O2S. The van der Waals surface area contributed by atoms with E-state index in [2.05, 4.69) is 15.2 Å². The molecule has 0 bridgehead atoms. The molecule has 1 saturated heterocycles. The second kappa shape index (κ2) is 8.63. The fourth-order valence-electron chi connectivity index (χ4n) is 4.09. The van der Waals surface area contributed by atoms with Crippen molar-refractivity contribution in [1.29, 1.82) is 0 Å². The predicted octanol–water partition coefficient (Wildman–Crippen LogP) is 5.15. The number of carbonyl (C=O) groups is 1. The molecule has 1 aliphatic heterocycles. The van der Waals surface area contributed by atoms with Crippen LogP contribution in [-0.2, 0) is 6.42 Å². The highest BCUT2D eigenvalue weighted by Gasteiger charge is 2.34. The Kier molecular flexibility index (Phi) is 5.53. The smallest absolute Gasteiger partial charge is 0.274 e. The number of benzene rings is 2. The largest absolute Gasteiger partial charge is 0.421 e. The van der Waals surface area contributed by atoms with Gasteiger partial charge >= 0.3 is 0 Å². The van der Waals surface area contributed by atoms with Crippen LogP contribution in [0.2, 0.25) is 0 Å². The van der Waals surface area contributed by atoms with E-state index in [1.165, 1.54) is 17.4 Å². The molecule has 0 spiro atoms. The third-order valence-corrected chi connectivity index (χ3v) is 6.60. The van der Waals surface area contributed by atoms with Crippen molar-refractivity contribution in [3.8, 4) is 21.9 Å². The van der Waals surface area contributed by atoms with Gasteiger partial charge in [-0.1, -0.05) is 36.4 Å². The van der Waals surface area contributed by atoms with Gasteiger partial charge < -0.3 is 9.32 Å². The van der Waals surface area contributed by atoms with E-state index in [1.807, 2.05) is 42.2 Å². The van der Waals surface area contributed by atoms with Crippen LogP contribution in [0.25, 0.3) is 21.9 Å². The molecule has 6 nitrogen and oxygen atoms in total. The number of nitrogens with zero attached hydrogens (tertiary/aromatic N) is 4. The van der Waals surface area contributed by atoms with Crippen molar-refractivity contribution < 1.29 is 13.6 Å². The lowest BCUT2D eigenvalue weighted by atomic mass is 10.1. The molecule has 1 aliphatic rings. The second-order valence-corrected chi connectivity index (χ2v) is 8.96. The van der Waals surface area contributed by atoms with Crippen molar-refractivity contribution in [1.82, 2.24) is 20.1 Å². The Morgan fingerprint density at radius 3 is 2.75 bits per heavy atom. The summed E-state index contributed by atoms with van der Waals surface area (Å²) in [6.07, 6.45) is 2.20. The fraction of sp³-hybridized carbons (Fsp3) is 0.250. The normalized spacial score (nSPS) is 15.9. The first kappa shape index (κ1) is 20.5. The lowest BCUT2D eigenvalue weighted by molar-refractivity contribution is 0.0728. The number of halogens is 1. The van der Waals surface area contributed by atoms with Crippen LogP contribution in [0.4, 0.5) is 4.39 Å². The highest BCUT2D eigenvalue weighted by molar-refractivity contribution is 7.15. The molecule has 1 amide bonds. The first-order valence-electron chi connectivity index (χ1n) is 10.5. The molecule has 32 heavy (non-hydrogen) atoms. The van der Waals surface area contributed by atoms with Crippen LogP contribution in [0.15, 0.2) is 59.0 Å². The zero-order valence-electron chi connectivity index (χ0n) is 17.5. The summed E-state index contributed by atoms with van der Waals surface area (Å²) < 4.78 is 20.3. The van der Waals surface area contributed by atoms with E-state index in [9.17, 15) is 9.18 Å². The van der Waals surface area contributed by atoms with Gasteiger partial charge in [0.15, 0.2) is 0 Å². The summed E-state index contributed by atoms with van der Waals surface area (Å²) in [4.78, 5) is 20.3. The van der Waals surface area contributed by atoms with Crippen molar-refractivity contribution in [2.24, 2.45) is 0 Å². The van der Waals surface area contributed by atoms with Crippen LogP contribution in [0.5, 0.6) is 0 Å². The highest BCUT2D eigenvalue weighted by atomic mass is 32.1. The number of carbonyl (C=O) groups excluding carboxylic acids is 1. The molecule has 8 heteroatoms. The van der Waals surface area contributed by atoms with E-state index in [-0.39, 0.29) is 17.8 Å². The minimum Gasteiger partial charge on any atom is -0.421 e. The van der Waals surface area contributed by atoms with E-state index in [4.69, 9.17) is 4.42 Å². The zero-order chi connectivity index (χ0) is 22.1. The van der Waals surface area contributed by atoms with E-state index in [0.717, 1.165) is 23.4 Å². The number of amides is 1. The summed E-state index contributed by atoms with van der Waals surface area (Å²) in [5, 5.41) is 9.07. The average Bonchev–Trinajstić information content (AvgIpc) is 3.55. The van der Waals surface area contributed by atoms with Crippen molar-refractivity contribution >= 4 is 17.2 Å². The van der Waals surface area contributed by atoms with Crippen LogP contribution >= 0.6 is 11.3 Å². The van der Waals surface area contributed by atoms with Crippen LogP contribution in [0.1, 0.15) is 34.2 Å². The molecule has 0 N–H and O–H groups in total. The molecule has 0 aliphatic carbocycles. The second-order valence-electron chi connectivity index (χ2n) is 7.76. The van der Waals surface area contributed by atoms with Gasteiger partial charge in [0.05, 0.1) is 9.88 Å². The molecule has 162 valence electrons. The van der Waals surface area contributed by atoms with Crippen molar-refractivity contribution in [3.05, 3.63) is 77.0 Å². The molecule has 2 aromatic carbocycles. The molecule has 4 aromatic rings. The van der Waals surface area contributed by atoms with E-state index >= 15 is 0 Å². The number of rotatable bonds is 5. The van der Waals surface area contributed by atoms with Gasteiger partial charge in [-0.25, -0.2) is 9.37 Å². The number of hydrogen-bond acceptors (Lipinski definition) is 6. The average molecular weight is 449 g/mol. The molecule has 5 rings (SSSR count). The van der Waals surface area contributed by atoms with Crippen molar-refractivity contribution in [2.45, 2.75) is 32.2 Å². The maximum atomic E-state index is 14.4. The molecule has 1 atom stereocenters. The van der Waals surface area contributed by atoms with E-state index in [0.29, 0.717) is 40.9 Å². The number of hydrogen-bond donors (Lipinski definition) is 0. The quantitative estimate of drug-likeness (QED) is 0.422. The Morgan fingerprint density at radius 2 is 1.94 bits per heavy atom. The Labute approximate surface area is 188 Å². The SMILES string of the molecule is Cc1nc(C(=O)N2CCC[C@@H]2Cc2nnc(-c3ccccc3)o2)c(-c2ccccc2F)s1. The minimum atomic E-state index is -0.359. The third kappa shape index (κ3) is 3.93. The minimum absolute atomic E-state index is 0.0675. The number of aromatic nitrogens is 3. The number of aryl methyl sites for hydroxylation is 1. The standard InChI is InChI=1S/C24H21FN4O2S/c1-15-26-21(22(32-15)18-11-5-6-12-19(18)25)24(30)29-13-7-10-17(29)14-20-27-28-23(31-20)16-8-3-2-4-9-16/h2-6,8-9,11-12,17H,7,10,13-14H2,1H3/t17-/m1/s1. The van der Waals surface area contributed by atoms with Gasteiger partial charge in [0, 0.05) is 30.1 Å². The topological polar surface area (TPSA) is 72.1 Å². The lowest BCUT2D eigenvalue weighted by Crippen LogP contribution is -2.37. The van der Waals surface area contributed by atoms with Gasteiger partial charge in [-0.3, -0.25) is 4.79 Å². The van der Waals surface area contributed by atoms with E-state index < -0.39 is 0 Å². The molecule has 1 fully saturated rings. The summed E-state index contributed by atoms with van der Waals surface area (Å²) in [6, 6.07) is 16.0. The Hall–Kier alpha value is -3.39. The van der Waals surface area contributed by atoms with Gasteiger partial charge in [0.2, 0.25) is 11.8 Å². The Balaban J connectivity index is 1.38. The first-order chi connectivity index (χ1) is 15.6. The van der Waals surface area contributed by atoms with Crippen LogP contribution in [0.3, 0.4) is 0 Å². The molecule has 2 aromatic heterocycles. The maximum absolute atomic E-state index is 14.4. The lowest BCUT2D eigenvalue weighted by Gasteiger charge is -2.23. The Morgan fingerprint density at radius 1 is 1.16 bits per heavy atom. The summed E-state index contributed by atoms with van der Waals surface area (Å²) in [5.41, 5.74) is 1.57. The summed E-state index contributed by atoms with van der Waals surface area (Å²) >= 11 is 1.34. The first-order valence-corrected chi connectivity index (χ1v) is 11.3. The van der Waals surface area contributed by atoms with Crippen molar-refractivity contribution in [3.63, 3.8) is 0 Å². The van der Waals surface area contributed by atoms with Gasteiger partial charge in [-0.2, -0.15) is 0 Å². The van der Waals surface area contributed by atoms with Gasteiger partial charge in [0.1, 0.15) is 11.5 Å².